The number of carbonyl (C=O) groups excluding carboxylic acids is 1. The van der Waals surface area contributed by atoms with Crippen LogP contribution in [0, 0.1) is 0 Å². The van der Waals surface area contributed by atoms with Crippen LogP contribution in [0.2, 0.25) is 0 Å². The molecule has 0 atom stereocenters. The smallest absolute Gasteiger partial charge is 0.234 e. The van der Waals surface area contributed by atoms with Crippen LogP contribution in [-0.2, 0) is 13.8 Å². The topological polar surface area (TPSA) is 80.5 Å². The number of hydrogen-bond donors (Lipinski definition) is 0. The fourth-order valence-electron chi connectivity index (χ4n) is 1.57. The quantitative estimate of drug-likeness (QED) is 0.600. The van der Waals surface area contributed by atoms with E-state index >= 15 is 0 Å². The lowest BCUT2D eigenvalue weighted by Crippen LogP contribution is -2.26. The first-order chi connectivity index (χ1) is 9.49. The van der Waals surface area contributed by atoms with E-state index in [1.807, 2.05) is 30.3 Å². The Hall–Kier alpha value is -1.86. The standard InChI is InChI=1S/C12H11ClN2O4S/c13-20(17,18)7-6-15(9-16)12-8-11(19-14-12)10-4-2-1-3-5-10/h1-5,8-9H,6-7H2. The van der Waals surface area contributed by atoms with E-state index in [1.54, 1.807) is 6.07 Å². The zero-order valence-electron chi connectivity index (χ0n) is 10.3. The highest BCUT2D eigenvalue weighted by molar-refractivity contribution is 8.13. The van der Waals surface area contributed by atoms with Crippen LogP contribution in [0.3, 0.4) is 0 Å². The van der Waals surface area contributed by atoms with Crippen molar-refractivity contribution in [3.8, 4) is 11.3 Å². The molecule has 1 heterocycles. The lowest BCUT2D eigenvalue weighted by molar-refractivity contribution is -0.107. The Bertz CT molecular complexity index is 684. The van der Waals surface area contributed by atoms with E-state index in [-0.39, 0.29) is 18.1 Å². The van der Waals surface area contributed by atoms with Gasteiger partial charge in [-0.15, -0.1) is 0 Å². The van der Waals surface area contributed by atoms with Gasteiger partial charge < -0.3 is 4.52 Å². The lowest BCUT2D eigenvalue weighted by atomic mass is 10.2. The van der Waals surface area contributed by atoms with Gasteiger partial charge in [0.15, 0.2) is 11.6 Å². The minimum absolute atomic E-state index is 0.0872. The second-order valence-corrected chi connectivity index (χ2v) is 6.85. The van der Waals surface area contributed by atoms with Crippen molar-refractivity contribution in [3.63, 3.8) is 0 Å². The molecule has 0 aliphatic rings. The highest BCUT2D eigenvalue weighted by Crippen LogP contribution is 2.23. The number of anilines is 1. The molecule has 8 heteroatoms. The maximum atomic E-state index is 11.0. The first-order valence-corrected chi connectivity index (χ1v) is 8.14. The van der Waals surface area contributed by atoms with Crippen LogP contribution in [0.15, 0.2) is 40.9 Å². The van der Waals surface area contributed by atoms with Crippen molar-refractivity contribution < 1.29 is 17.7 Å². The van der Waals surface area contributed by atoms with Gasteiger partial charge in [-0.25, -0.2) is 8.42 Å². The summed E-state index contributed by atoms with van der Waals surface area (Å²) in [6.07, 6.45) is 0.481. The van der Waals surface area contributed by atoms with Crippen molar-refractivity contribution in [2.45, 2.75) is 0 Å². The molecule has 6 nitrogen and oxygen atoms in total. The van der Waals surface area contributed by atoms with Gasteiger partial charge >= 0.3 is 0 Å². The van der Waals surface area contributed by atoms with Crippen molar-refractivity contribution in [1.82, 2.24) is 5.16 Å². The van der Waals surface area contributed by atoms with Crippen LogP contribution in [0.25, 0.3) is 11.3 Å². The summed E-state index contributed by atoms with van der Waals surface area (Å²) < 4.78 is 26.9. The predicted octanol–water partition coefficient (Wildman–Crippen LogP) is 1.87. The van der Waals surface area contributed by atoms with Crippen LogP contribution >= 0.6 is 10.7 Å². The second-order valence-electron chi connectivity index (χ2n) is 3.96. The Kier molecular flexibility index (Phi) is 4.41. The van der Waals surface area contributed by atoms with E-state index in [0.717, 1.165) is 10.5 Å². The van der Waals surface area contributed by atoms with Crippen molar-refractivity contribution in [1.29, 1.82) is 0 Å². The molecule has 0 aliphatic heterocycles. The summed E-state index contributed by atoms with van der Waals surface area (Å²) >= 11 is 0. The molecular weight excluding hydrogens is 304 g/mol. The fraction of sp³-hybridized carbons (Fsp3) is 0.167. The molecule has 0 spiro atoms. The summed E-state index contributed by atoms with van der Waals surface area (Å²) in [5.74, 6) is 0.362. The molecule has 1 aromatic carbocycles. The van der Waals surface area contributed by atoms with Gasteiger partial charge in [0.05, 0.1) is 5.75 Å². The predicted molar refractivity (Wildman–Crippen MR) is 75.0 cm³/mol. The first-order valence-electron chi connectivity index (χ1n) is 5.66. The highest BCUT2D eigenvalue weighted by atomic mass is 35.7. The number of hydrogen-bond acceptors (Lipinski definition) is 5. The SMILES string of the molecule is O=CN(CCS(=O)(=O)Cl)c1cc(-c2ccccc2)on1. The van der Waals surface area contributed by atoms with Gasteiger partial charge in [-0.3, -0.25) is 9.69 Å². The lowest BCUT2D eigenvalue weighted by Gasteiger charge is -2.11. The molecule has 0 radical (unpaired) electrons. The van der Waals surface area contributed by atoms with E-state index in [4.69, 9.17) is 15.2 Å². The molecule has 0 saturated carbocycles. The third kappa shape index (κ3) is 3.82. The second kappa shape index (κ2) is 6.06. The largest absolute Gasteiger partial charge is 0.354 e. The first kappa shape index (κ1) is 14.5. The molecular formula is C12H11ClN2O4S. The average Bonchev–Trinajstić information content (AvgIpc) is 2.89. The molecule has 20 heavy (non-hydrogen) atoms. The Labute approximate surface area is 120 Å². The number of benzene rings is 1. The summed E-state index contributed by atoms with van der Waals surface area (Å²) in [6, 6.07) is 10.8. The highest BCUT2D eigenvalue weighted by Gasteiger charge is 2.15. The Morgan fingerprint density at radius 2 is 2.00 bits per heavy atom. The summed E-state index contributed by atoms with van der Waals surface area (Å²) in [7, 11) is 1.44. The normalized spacial score (nSPS) is 11.2. The molecule has 0 bridgehead atoms. The van der Waals surface area contributed by atoms with Crippen molar-refractivity contribution in [2.75, 3.05) is 17.2 Å². The Morgan fingerprint density at radius 1 is 1.30 bits per heavy atom. The molecule has 0 unspecified atom stereocenters. The number of halogens is 1. The van der Waals surface area contributed by atoms with Gasteiger partial charge in [-0.1, -0.05) is 35.5 Å². The number of rotatable bonds is 6. The van der Waals surface area contributed by atoms with Crippen LogP contribution in [0.4, 0.5) is 5.82 Å². The van der Waals surface area contributed by atoms with Crippen molar-refractivity contribution >= 4 is 32.0 Å². The van der Waals surface area contributed by atoms with Gasteiger partial charge in [-0.05, 0) is 0 Å². The van der Waals surface area contributed by atoms with Crippen molar-refractivity contribution in [3.05, 3.63) is 36.4 Å². The maximum absolute atomic E-state index is 11.0. The molecule has 1 aromatic heterocycles. The minimum Gasteiger partial charge on any atom is -0.354 e. The zero-order valence-corrected chi connectivity index (χ0v) is 11.8. The third-order valence-electron chi connectivity index (χ3n) is 2.55. The maximum Gasteiger partial charge on any atom is 0.234 e. The van der Waals surface area contributed by atoms with Gasteiger partial charge in [0.2, 0.25) is 15.5 Å². The van der Waals surface area contributed by atoms with Gasteiger partial charge in [0.25, 0.3) is 0 Å². The summed E-state index contributed by atoms with van der Waals surface area (Å²) in [4.78, 5) is 12.1. The molecule has 106 valence electrons. The number of aromatic nitrogens is 1. The zero-order chi connectivity index (χ0) is 14.6. The fourth-order valence-corrected chi connectivity index (χ4v) is 2.19. The monoisotopic (exact) mass is 314 g/mol. The van der Waals surface area contributed by atoms with Crippen LogP contribution in [-0.4, -0.2) is 32.3 Å². The van der Waals surface area contributed by atoms with Crippen LogP contribution in [0.5, 0.6) is 0 Å². The molecule has 0 fully saturated rings. The van der Waals surface area contributed by atoms with Crippen LogP contribution in [0.1, 0.15) is 0 Å². The number of carbonyl (C=O) groups is 1. The summed E-state index contributed by atoms with van der Waals surface area (Å²) in [6.45, 7) is -0.0872. The Balaban J connectivity index is 2.16. The van der Waals surface area contributed by atoms with Gasteiger partial charge in [0, 0.05) is 28.9 Å². The summed E-state index contributed by atoms with van der Waals surface area (Å²) in [5.41, 5.74) is 0.807. The van der Waals surface area contributed by atoms with E-state index in [0.29, 0.717) is 12.2 Å². The molecule has 2 aromatic rings. The summed E-state index contributed by atoms with van der Waals surface area (Å²) in [5, 5.41) is 3.75. The van der Waals surface area contributed by atoms with Gasteiger partial charge in [-0.2, -0.15) is 0 Å². The number of amides is 1. The van der Waals surface area contributed by atoms with Gasteiger partial charge in [0.1, 0.15) is 0 Å². The average molecular weight is 315 g/mol. The molecule has 0 N–H and O–H groups in total. The van der Waals surface area contributed by atoms with E-state index in [2.05, 4.69) is 5.16 Å². The van der Waals surface area contributed by atoms with Crippen molar-refractivity contribution in [2.24, 2.45) is 0 Å². The minimum atomic E-state index is -3.67. The molecule has 0 saturated heterocycles. The van der Waals surface area contributed by atoms with E-state index in [9.17, 15) is 13.2 Å². The Morgan fingerprint density at radius 3 is 2.60 bits per heavy atom. The van der Waals surface area contributed by atoms with Crippen LogP contribution < -0.4 is 4.90 Å². The van der Waals surface area contributed by atoms with E-state index < -0.39 is 9.05 Å². The molecule has 0 aliphatic carbocycles. The third-order valence-corrected chi connectivity index (χ3v) is 3.69. The molecule has 2 rings (SSSR count). The van der Waals surface area contributed by atoms with E-state index in [1.165, 1.54) is 0 Å². The number of nitrogens with zero attached hydrogens (tertiary/aromatic N) is 2. The molecule has 1 amide bonds.